The average molecular weight is 538 g/mol. The van der Waals surface area contributed by atoms with Gasteiger partial charge in [-0.25, -0.2) is 8.78 Å². The van der Waals surface area contributed by atoms with Crippen LogP contribution in [-0.2, 0) is 24.3 Å². The van der Waals surface area contributed by atoms with E-state index in [1.165, 1.54) is 22.9 Å². The van der Waals surface area contributed by atoms with Crippen molar-refractivity contribution in [3.63, 3.8) is 0 Å². The number of ether oxygens (including phenoxy) is 2. The molecule has 3 atom stereocenters. The van der Waals surface area contributed by atoms with E-state index in [4.69, 9.17) is 15.2 Å². The van der Waals surface area contributed by atoms with E-state index in [1.807, 2.05) is 44.2 Å². The van der Waals surface area contributed by atoms with Gasteiger partial charge >= 0.3 is 0 Å². The van der Waals surface area contributed by atoms with Crippen molar-refractivity contribution in [3.8, 4) is 5.75 Å². The Hall–Kier alpha value is -4.05. The standard InChI is InChI=1S/C29H29F2N3O5/c1-16(2)10-22-23(11-18-8-9-19(30)12-21(18)31)39-24-14-33-13-20(28(32)36)26(35)27(25(33)29(37)34(22)24)38-15-17-6-4-3-5-7-17/h3-9,12-13,16,22-24H,10-11,14-15H2,1-2H3,(H2,32,36)/t22-,23?,24+/m1/s1. The summed E-state index contributed by atoms with van der Waals surface area (Å²) < 4.78 is 41.6. The molecule has 0 saturated carbocycles. The van der Waals surface area contributed by atoms with Crippen molar-refractivity contribution in [2.45, 2.75) is 58.2 Å². The summed E-state index contributed by atoms with van der Waals surface area (Å²) in [4.78, 5) is 41.0. The fraction of sp³-hybridized carbons (Fsp3) is 0.345. The normalized spacial score (nSPS) is 20.2. The van der Waals surface area contributed by atoms with E-state index in [0.717, 1.165) is 11.6 Å². The predicted molar refractivity (Wildman–Crippen MR) is 138 cm³/mol. The van der Waals surface area contributed by atoms with Crippen molar-refractivity contribution >= 4 is 11.8 Å². The molecule has 1 aromatic heterocycles. The van der Waals surface area contributed by atoms with Crippen LogP contribution in [0.15, 0.2) is 59.5 Å². The van der Waals surface area contributed by atoms with Gasteiger partial charge in [-0.2, -0.15) is 0 Å². The first-order chi connectivity index (χ1) is 18.6. The number of nitrogens with two attached hydrogens (primary N) is 1. The van der Waals surface area contributed by atoms with Crippen molar-refractivity contribution in [3.05, 3.63) is 99.0 Å². The molecular formula is C29H29F2N3O5. The van der Waals surface area contributed by atoms with Crippen molar-refractivity contribution in [2.75, 3.05) is 0 Å². The molecule has 1 fully saturated rings. The zero-order valence-electron chi connectivity index (χ0n) is 21.6. The lowest BCUT2D eigenvalue weighted by atomic mass is 9.93. The lowest BCUT2D eigenvalue weighted by molar-refractivity contribution is -0.0147. The van der Waals surface area contributed by atoms with E-state index in [9.17, 15) is 23.2 Å². The van der Waals surface area contributed by atoms with E-state index < -0.39 is 47.3 Å². The number of halogens is 2. The van der Waals surface area contributed by atoms with Crippen molar-refractivity contribution < 1.29 is 27.8 Å². The molecule has 2 aliphatic heterocycles. The van der Waals surface area contributed by atoms with E-state index in [-0.39, 0.29) is 48.1 Å². The maximum Gasteiger partial charge on any atom is 0.276 e. The largest absolute Gasteiger partial charge is 0.483 e. The highest BCUT2D eigenvalue weighted by Gasteiger charge is 2.49. The number of amides is 2. The monoisotopic (exact) mass is 537 g/mol. The number of carbonyl (C=O) groups is 2. The fourth-order valence-electron chi connectivity index (χ4n) is 5.33. The smallest absolute Gasteiger partial charge is 0.276 e. The molecule has 2 N–H and O–H groups in total. The lowest BCUT2D eigenvalue weighted by Gasteiger charge is -2.36. The predicted octanol–water partition coefficient (Wildman–Crippen LogP) is 3.64. The summed E-state index contributed by atoms with van der Waals surface area (Å²) >= 11 is 0. The summed E-state index contributed by atoms with van der Waals surface area (Å²) in [6.07, 6.45) is 0.638. The summed E-state index contributed by atoms with van der Waals surface area (Å²) in [7, 11) is 0. The fourth-order valence-corrected chi connectivity index (χ4v) is 5.33. The van der Waals surface area contributed by atoms with Gasteiger partial charge in [-0.1, -0.05) is 50.2 Å². The second-order valence-corrected chi connectivity index (χ2v) is 10.3. The summed E-state index contributed by atoms with van der Waals surface area (Å²) in [6, 6.07) is 12.1. The van der Waals surface area contributed by atoms with E-state index in [1.54, 1.807) is 4.90 Å². The molecule has 0 radical (unpaired) electrons. The van der Waals surface area contributed by atoms with Crippen LogP contribution in [0.25, 0.3) is 0 Å². The van der Waals surface area contributed by atoms with E-state index in [2.05, 4.69) is 0 Å². The van der Waals surface area contributed by atoms with Gasteiger partial charge in [0.25, 0.3) is 11.8 Å². The van der Waals surface area contributed by atoms with Crippen LogP contribution in [0.1, 0.15) is 52.2 Å². The molecule has 39 heavy (non-hydrogen) atoms. The van der Waals surface area contributed by atoms with Crippen LogP contribution in [0.4, 0.5) is 8.78 Å². The Bertz CT molecular complexity index is 1470. The summed E-state index contributed by atoms with van der Waals surface area (Å²) in [5, 5.41) is 0. The third-order valence-corrected chi connectivity index (χ3v) is 7.10. The summed E-state index contributed by atoms with van der Waals surface area (Å²) in [5.74, 6) is -2.88. The first-order valence-electron chi connectivity index (χ1n) is 12.8. The molecule has 0 bridgehead atoms. The van der Waals surface area contributed by atoms with Crippen LogP contribution in [-0.4, -0.2) is 39.7 Å². The first kappa shape index (κ1) is 26.6. The second kappa shape index (κ2) is 10.6. The van der Waals surface area contributed by atoms with Gasteiger partial charge in [-0.15, -0.1) is 0 Å². The minimum atomic E-state index is -0.940. The number of benzene rings is 2. The second-order valence-electron chi connectivity index (χ2n) is 10.3. The summed E-state index contributed by atoms with van der Waals surface area (Å²) in [6.45, 7) is 4.12. The first-order valence-corrected chi connectivity index (χ1v) is 12.8. The van der Waals surface area contributed by atoms with E-state index in [0.29, 0.717) is 6.42 Å². The maximum absolute atomic E-state index is 14.5. The number of aromatic nitrogens is 1. The molecule has 0 spiro atoms. The van der Waals surface area contributed by atoms with Gasteiger partial charge in [-0.3, -0.25) is 14.4 Å². The zero-order chi connectivity index (χ0) is 27.8. The average Bonchev–Trinajstić information content (AvgIpc) is 3.21. The topological polar surface area (TPSA) is 104 Å². The van der Waals surface area contributed by atoms with Crippen molar-refractivity contribution in [2.24, 2.45) is 11.7 Å². The van der Waals surface area contributed by atoms with Crippen LogP contribution in [0.3, 0.4) is 0 Å². The molecule has 5 rings (SSSR count). The zero-order valence-corrected chi connectivity index (χ0v) is 21.6. The molecule has 2 amide bonds. The molecular weight excluding hydrogens is 508 g/mol. The number of hydrogen-bond donors (Lipinski definition) is 1. The molecule has 8 nitrogen and oxygen atoms in total. The molecule has 2 aliphatic rings. The van der Waals surface area contributed by atoms with Crippen LogP contribution in [0.5, 0.6) is 5.75 Å². The quantitative estimate of drug-likeness (QED) is 0.473. The van der Waals surface area contributed by atoms with Crippen LogP contribution >= 0.6 is 0 Å². The van der Waals surface area contributed by atoms with Crippen molar-refractivity contribution in [1.29, 1.82) is 0 Å². The lowest BCUT2D eigenvalue weighted by Crippen LogP contribution is -2.51. The minimum Gasteiger partial charge on any atom is -0.483 e. The Morgan fingerprint density at radius 3 is 2.56 bits per heavy atom. The number of fused-ring (bicyclic) bond motifs is 2. The van der Waals surface area contributed by atoms with Gasteiger partial charge in [0.1, 0.15) is 23.8 Å². The molecule has 3 aromatic rings. The highest BCUT2D eigenvalue weighted by molar-refractivity contribution is 5.99. The van der Waals surface area contributed by atoms with E-state index >= 15 is 0 Å². The van der Waals surface area contributed by atoms with Gasteiger partial charge in [0.15, 0.2) is 17.7 Å². The molecule has 1 saturated heterocycles. The number of hydrogen-bond acceptors (Lipinski definition) is 5. The molecule has 3 heterocycles. The van der Waals surface area contributed by atoms with Crippen LogP contribution in [0.2, 0.25) is 0 Å². The number of primary amides is 1. The Morgan fingerprint density at radius 1 is 1.15 bits per heavy atom. The highest BCUT2D eigenvalue weighted by Crippen LogP contribution is 2.37. The number of carbonyl (C=O) groups excluding carboxylic acids is 2. The molecule has 2 aromatic carbocycles. The maximum atomic E-state index is 14.5. The van der Waals surface area contributed by atoms with Gasteiger partial charge < -0.3 is 24.7 Å². The van der Waals surface area contributed by atoms with Gasteiger partial charge in [0.2, 0.25) is 5.43 Å². The third-order valence-electron chi connectivity index (χ3n) is 7.10. The number of nitrogens with zero attached hydrogens (tertiary/aromatic N) is 2. The van der Waals surface area contributed by atoms with Crippen LogP contribution in [0, 0.1) is 17.6 Å². The van der Waals surface area contributed by atoms with Gasteiger partial charge in [-0.05, 0) is 29.5 Å². The Morgan fingerprint density at radius 2 is 1.90 bits per heavy atom. The van der Waals surface area contributed by atoms with Gasteiger partial charge in [0.05, 0.1) is 18.7 Å². The van der Waals surface area contributed by atoms with Crippen molar-refractivity contribution in [1.82, 2.24) is 9.47 Å². The highest BCUT2D eigenvalue weighted by atomic mass is 19.1. The Kier molecular flexibility index (Phi) is 7.22. The number of rotatable bonds is 8. The Labute approximate surface area is 223 Å². The summed E-state index contributed by atoms with van der Waals surface area (Å²) in [5.41, 5.74) is 5.46. The third kappa shape index (κ3) is 5.16. The van der Waals surface area contributed by atoms with Gasteiger partial charge in [0, 0.05) is 18.7 Å². The minimum absolute atomic E-state index is 0.000392. The molecule has 0 aliphatic carbocycles. The molecule has 204 valence electrons. The Balaban J connectivity index is 1.53. The number of pyridine rings is 1. The van der Waals surface area contributed by atoms with Crippen LogP contribution < -0.4 is 15.9 Å². The molecule has 1 unspecified atom stereocenters. The SMILES string of the molecule is CC(C)C[C@@H]1C(Cc2ccc(F)cc2F)O[C@H]2Cn3cc(C(N)=O)c(=O)c(OCc4ccccc4)c3C(=O)N21. The molecule has 10 heteroatoms.